The van der Waals surface area contributed by atoms with Crippen molar-refractivity contribution in [3.8, 4) is 0 Å². The first kappa shape index (κ1) is 14.7. The summed E-state index contributed by atoms with van der Waals surface area (Å²) in [5.41, 5.74) is -1.03. The number of ether oxygens (including phenoxy) is 1. The summed E-state index contributed by atoms with van der Waals surface area (Å²) in [5, 5.41) is 28.6. The molecule has 0 radical (unpaired) electrons. The van der Waals surface area contributed by atoms with Gasteiger partial charge in [-0.25, -0.2) is 4.79 Å². The highest BCUT2D eigenvalue weighted by atomic mass is 16.6. The smallest absolute Gasteiger partial charge is 0.330 e. The summed E-state index contributed by atoms with van der Waals surface area (Å²) in [7, 11) is 0. The molecule has 2 heterocycles. The van der Waals surface area contributed by atoms with Gasteiger partial charge in [-0.2, -0.15) is 0 Å². The summed E-state index contributed by atoms with van der Waals surface area (Å²) in [6.07, 6.45) is -1.87. The van der Waals surface area contributed by atoms with Crippen LogP contribution in [0.1, 0.15) is 11.8 Å². The van der Waals surface area contributed by atoms with Crippen molar-refractivity contribution in [2.24, 2.45) is 0 Å². The number of nitrogens with zero attached hydrogens (tertiary/aromatic N) is 1. The quantitative estimate of drug-likeness (QED) is 0.468. The maximum atomic E-state index is 11.8. The Morgan fingerprint density at radius 2 is 2.10 bits per heavy atom. The number of aliphatic hydroxyl groups is 3. The molecule has 0 bridgehead atoms. The van der Waals surface area contributed by atoms with Gasteiger partial charge in [0.2, 0.25) is 0 Å². The largest absolute Gasteiger partial charge is 0.394 e. The normalized spacial score (nSPS) is 29.6. The van der Waals surface area contributed by atoms with E-state index in [1.807, 2.05) is 0 Å². The number of aromatic amines is 1. The van der Waals surface area contributed by atoms with E-state index in [0.717, 1.165) is 4.57 Å². The van der Waals surface area contributed by atoms with Gasteiger partial charge in [-0.15, -0.1) is 6.58 Å². The SMILES string of the molecule is C=CCc1cn([C@@H]2O[C@H](CO)[C@@H](O)[C@H]2O)c(=O)[nH]c1=O. The highest BCUT2D eigenvalue weighted by Crippen LogP contribution is 2.27. The molecule has 0 aliphatic carbocycles. The number of aliphatic hydroxyl groups excluding tert-OH is 3. The Morgan fingerprint density at radius 3 is 2.65 bits per heavy atom. The van der Waals surface area contributed by atoms with E-state index < -0.39 is 42.4 Å². The fourth-order valence-electron chi connectivity index (χ4n) is 2.13. The zero-order valence-electron chi connectivity index (χ0n) is 10.6. The predicted octanol–water partition coefficient (Wildman–Crippen LogP) is -2.12. The van der Waals surface area contributed by atoms with E-state index in [1.54, 1.807) is 0 Å². The highest BCUT2D eigenvalue weighted by molar-refractivity contribution is 5.09. The van der Waals surface area contributed by atoms with Gasteiger partial charge in [-0.3, -0.25) is 14.3 Å². The van der Waals surface area contributed by atoms with Gasteiger partial charge >= 0.3 is 5.69 Å². The first-order valence-corrected chi connectivity index (χ1v) is 6.07. The van der Waals surface area contributed by atoms with Crippen LogP contribution in [0.15, 0.2) is 28.4 Å². The fourth-order valence-corrected chi connectivity index (χ4v) is 2.13. The molecule has 20 heavy (non-hydrogen) atoms. The third-order valence-corrected chi connectivity index (χ3v) is 3.20. The van der Waals surface area contributed by atoms with Gasteiger partial charge in [-0.05, 0) is 6.42 Å². The standard InChI is InChI=1S/C12H16N2O6/c1-2-3-6-4-14(12(19)13-10(6)18)11-9(17)8(16)7(5-15)20-11/h2,4,7-9,11,15-17H,1,3,5H2,(H,13,18,19)/t7-,8-,9-,11-/m1/s1. The van der Waals surface area contributed by atoms with Crippen LogP contribution in [-0.4, -0.2) is 49.8 Å². The van der Waals surface area contributed by atoms with Crippen LogP contribution < -0.4 is 11.2 Å². The minimum atomic E-state index is -1.38. The van der Waals surface area contributed by atoms with E-state index in [9.17, 15) is 19.8 Å². The Hall–Kier alpha value is -1.74. The van der Waals surface area contributed by atoms with Crippen molar-refractivity contribution in [2.75, 3.05) is 6.61 Å². The van der Waals surface area contributed by atoms with E-state index in [-0.39, 0.29) is 12.0 Å². The van der Waals surface area contributed by atoms with Crippen LogP contribution in [0.25, 0.3) is 0 Å². The van der Waals surface area contributed by atoms with E-state index >= 15 is 0 Å². The van der Waals surface area contributed by atoms with E-state index in [2.05, 4.69) is 11.6 Å². The predicted molar refractivity (Wildman–Crippen MR) is 68.2 cm³/mol. The molecule has 0 amide bonds. The zero-order valence-corrected chi connectivity index (χ0v) is 10.6. The molecule has 1 aromatic rings. The van der Waals surface area contributed by atoms with Gasteiger partial charge in [0.15, 0.2) is 6.23 Å². The van der Waals surface area contributed by atoms with Crippen molar-refractivity contribution in [2.45, 2.75) is 31.0 Å². The van der Waals surface area contributed by atoms with Crippen LogP contribution in [0.4, 0.5) is 0 Å². The molecule has 8 nitrogen and oxygen atoms in total. The molecule has 0 unspecified atom stereocenters. The van der Waals surface area contributed by atoms with Gasteiger partial charge in [0, 0.05) is 11.8 Å². The van der Waals surface area contributed by atoms with E-state index in [1.165, 1.54) is 12.3 Å². The third-order valence-electron chi connectivity index (χ3n) is 3.20. The summed E-state index contributed by atoms with van der Waals surface area (Å²) in [5.74, 6) is 0. The number of rotatable bonds is 4. The lowest BCUT2D eigenvalue weighted by atomic mass is 10.1. The van der Waals surface area contributed by atoms with Gasteiger partial charge < -0.3 is 20.1 Å². The molecule has 1 saturated heterocycles. The Balaban J connectivity index is 2.43. The minimum Gasteiger partial charge on any atom is -0.394 e. The summed E-state index contributed by atoms with van der Waals surface area (Å²) in [4.78, 5) is 25.4. The van der Waals surface area contributed by atoms with Crippen molar-refractivity contribution in [1.29, 1.82) is 0 Å². The third kappa shape index (κ3) is 2.46. The second kappa shape index (κ2) is 5.71. The number of allylic oxidation sites excluding steroid dienone is 1. The molecule has 2 rings (SSSR count). The molecular formula is C12H16N2O6. The number of aromatic nitrogens is 2. The van der Waals surface area contributed by atoms with Gasteiger partial charge in [-0.1, -0.05) is 6.08 Å². The number of H-pyrrole nitrogens is 1. The lowest BCUT2D eigenvalue weighted by Crippen LogP contribution is -2.38. The van der Waals surface area contributed by atoms with Crippen molar-refractivity contribution >= 4 is 0 Å². The molecule has 0 spiro atoms. The lowest BCUT2D eigenvalue weighted by Gasteiger charge is -2.17. The Morgan fingerprint density at radius 1 is 1.40 bits per heavy atom. The Bertz CT molecular complexity index is 607. The van der Waals surface area contributed by atoms with Gasteiger partial charge in [0.05, 0.1) is 6.61 Å². The van der Waals surface area contributed by atoms with Gasteiger partial charge in [0.1, 0.15) is 18.3 Å². The summed E-state index contributed by atoms with van der Waals surface area (Å²) in [6, 6.07) is 0. The molecular weight excluding hydrogens is 268 g/mol. The maximum absolute atomic E-state index is 11.8. The molecule has 1 aromatic heterocycles. The van der Waals surface area contributed by atoms with Crippen LogP contribution in [-0.2, 0) is 11.2 Å². The second-order valence-electron chi connectivity index (χ2n) is 4.54. The first-order chi connectivity index (χ1) is 9.49. The van der Waals surface area contributed by atoms with E-state index in [4.69, 9.17) is 9.84 Å². The fraction of sp³-hybridized carbons (Fsp3) is 0.500. The van der Waals surface area contributed by atoms with Crippen LogP contribution in [0.3, 0.4) is 0 Å². The molecule has 8 heteroatoms. The van der Waals surface area contributed by atoms with Crippen molar-refractivity contribution in [1.82, 2.24) is 9.55 Å². The van der Waals surface area contributed by atoms with Crippen molar-refractivity contribution in [3.05, 3.63) is 45.3 Å². The molecule has 1 aliphatic rings. The van der Waals surface area contributed by atoms with Crippen LogP contribution in [0.5, 0.6) is 0 Å². The van der Waals surface area contributed by atoms with Gasteiger partial charge in [0.25, 0.3) is 5.56 Å². The van der Waals surface area contributed by atoms with Crippen LogP contribution >= 0.6 is 0 Å². The van der Waals surface area contributed by atoms with Crippen molar-refractivity contribution < 1.29 is 20.1 Å². The molecule has 0 aromatic carbocycles. The molecule has 1 aliphatic heterocycles. The first-order valence-electron chi connectivity index (χ1n) is 6.07. The lowest BCUT2D eigenvalue weighted by molar-refractivity contribution is -0.0551. The average molecular weight is 284 g/mol. The molecule has 1 fully saturated rings. The summed E-state index contributed by atoms with van der Waals surface area (Å²) >= 11 is 0. The second-order valence-corrected chi connectivity index (χ2v) is 4.54. The monoisotopic (exact) mass is 284 g/mol. The number of nitrogens with one attached hydrogen (secondary N) is 1. The topological polar surface area (TPSA) is 125 Å². The summed E-state index contributed by atoms with van der Waals surface area (Å²) in [6.45, 7) is 3.01. The van der Waals surface area contributed by atoms with E-state index in [0.29, 0.717) is 0 Å². The summed E-state index contributed by atoms with van der Waals surface area (Å²) < 4.78 is 6.23. The van der Waals surface area contributed by atoms with Crippen LogP contribution in [0, 0.1) is 0 Å². The van der Waals surface area contributed by atoms with Crippen LogP contribution in [0.2, 0.25) is 0 Å². The zero-order chi connectivity index (χ0) is 14.9. The maximum Gasteiger partial charge on any atom is 0.330 e. The Kier molecular flexibility index (Phi) is 4.19. The molecule has 0 saturated carbocycles. The average Bonchev–Trinajstić information content (AvgIpc) is 2.70. The Labute approximate surface area is 113 Å². The number of hydrogen-bond donors (Lipinski definition) is 4. The molecule has 4 N–H and O–H groups in total. The van der Waals surface area contributed by atoms with Crippen molar-refractivity contribution in [3.63, 3.8) is 0 Å². The highest BCUT2D eigenvalue weighted by Gasteiger charge is 2.43. The molecule has 4 atom stereocenters. The molecule has 110 valence electrons. The number of hydrogen-bond acceptors (Lipinski definition) is 6. The minimum absolute atomic E-state index is 0.240.